The summed E-state index contributed by atoms with van der Waals surface area (Å²) < 4.78 is 0. The zero-order valence-electron chi connectivity index (χ0n) is 16.1. The zero-order chi connectivity index (χ0) is 19.6. The minimum atomic E-state index is 0.0261. The lowest BCUT2D eigenvalue weighted by molar-refractivity contribution is 0.134. The van der Waals surface area contributed by atoms with Crippen LogP contribution in [0.15, 0.2) is 54.6 Å². The molecule has 0 radical (unpaired) electrons. The fraction of sp³-hybridized carbons (Fsp3) is 0.409. The lowest BCUT2D eigenvalue weighted by atomic mass is 10.1. The van der Waals surface area contributed by atoms with Gasteiger partial charge in [0, 0.05) is 49.2 Å². The number of piperazine rings is 1. The molecule has 0 unspecified atom stereocenters. The molecule has 2 aromatic rings. The van der Waals surface area contributed by atoms with Crippen LogP contribution in [0.3, 0.4) is 0 Å². The quantitative estimate of drug-likeness (QED) is 0.622. The predicted molar refractivity (Wildman–Crippen MR) is 121 cm³/mol. The molecule has 0 spiro atoms. The van der Waals surface area contributed by atoms with E-state index in [2.05, 4.69) is 27.2 Å². The summed E-state index contributed by atoms with van der Waals surface area (Å²) in [5, 5.41) is 3.74. The maximum Gasteiger partial charge on any atom is 0.283 e. The second-order valence-electron chi connectivity index (χ2n) is 7.04. The first-order chi connectivity index (χ1) is 13.7. The maximum absolute atomic E-state index is 11.9. The molecule has 1 fully saturated rings. The van der Waals surface area contributed by atoms with Gasteiger partial charge in [0.25, 0.3) is 5.24 Å². The number of hydrogen-bond donors (Lipinski definition) is 1. The van der Waals surface area contributed by atoms with E-state index < -0.39 is 0 Å². The van der Waals surface area contributed by atoms with E-state index in [1.807, 2.05) is 42.5 Å². The fourth-order valence-electron chi connectivity index (χ4n) is 3.30. The minimum Gasteiger partial charge on any atom is -0.317 e. The second-order valence-corrected chi connectivity index (χ2v) is 8.54. The normalized spacial score (nSPS) is 15.5. The van der Waals surface area contributed by atoms with Crippen LogP contribution < -0.4 is 5.32 Å². The van der Waals surface area contributed by atoms with Crippen molar-refractivity contribution >= 4 is 34.3 Å². The molecule has 150 valence electrons. The molecule has 0 atom stereocenters. The lowest BCUT2D eigenvalue weighted by Gasteiger charge is -2.34. The number of para-hydroxylation sites is 1. The number of benzene rings is 2. The Kier molecular flexibility index (Phi) is 8.68. The van der Waals surface area contributed by atoms with Gasteiger partial charge in [0.1, 0.15) is 0 Å². The molecule has 0 bridgehead atoms. The van der Waals surface area contributed by atoms with Gasteiger partial charge in [0.15, 0.2) is 0 Å². The van der Waals surface area contributed by atoms with Crippen molar-refractivity contribution in [2.45, 2.75) is 12.8 Å². The van der Waals surface area contributed by atoms with Gasteiger partial charge in [-0.15, -0.1) is 0 Å². The largest absolute Gasteiger partial charge is 0.317 e. The van der Waals surface area contributed by atoms with Gasteiger partial charge in [0.05, 0.1) is 0 Å². The summed E-state index contributed by atoms with van der Waals surface area (Å²) in [6, 6.07) is 17.8. The molecule has 1 N–H and O–H groups in total. The molecule has 6 heteroatoms. The van der Waals surface area contributed by atoms with Gasteiger partial charge in [-0.3, -0.25) is 4.79 Å². The van der Waals surface area contributed by atoms with Crippen molar-refractivity contribution in [3.63, 3.8) is 0 Å². The van der Waals surface area contributed by atoms with Crippen molar-refractivity contribution in [2.24, 2.45) is 0 Å². The molecular formula is C22H28ClN3OS. The average molecular weight is 418 g/mol. The van der Waals surface area contributed by atoms with Gasteiger partial charge in [0.2, 0.25) is 0 Å². The zero-order valence-corrected chi connectivity index (χ0v) is 17.7. The Morgan fingerprint density at radius 1 is 0.929 bits per heavy atom. The van der Waals surface area contributed by atoms with E-state index in [4.69, 9.17) is 11.6 Å². The van der Waals surface area contributed by atoms with E-state index in [-0.39, 0.29) is 5.24 Å². The first kappa shape index (κ1) is 21.2. The first-order valence-corrected chi connectivity index (χ1v) is 11.2. The van der Waals surface area contributed by atoms with Crippen LogP contribution in [0.5, 0.6) is 0 Å². The number of anilines is 1. The Bertz CT molecular complexity index is 718. The summed E-state index contributed by atoms with van der Waals surface area (Å²) in [5.74, 6) is 0.857. The molecule has 2 aromatic carbocycles. The molecule has 0 aliphatic carbocycles. The summed E-state index contributed by atoms with van der Waals surface area (Å²) >= 11 is 7.31. The topological polar surface area (TPSA) is 35.6 Å². The molecular weight excluding hydrogens is 390 g/mol. The Balaban J connectivity index is 1.24. The lowest BCUT2D eigenvalue weighted by Crippen LogP contribution is -2.47. The molecule has 28 heavy (non-hydrogen) atoms. The van der Waals surface area contributed by atoms with Crippen LogP contribution in [-0.2, 0) is 6.42 Å². The van der Waals surface area contributed by atoms with Crippen LogP contribution in [0, 0.1) is 0 Å². The minimum absolute atomic E-state index is 0.0261. The van der Waals surface area contributed by atoms with E-state index in [1.54, 1.807) is 0 Å². The number of carbonyl (C=O) groups is 1. The summed E-state index contributed by atoms with van der Waals surface area (Å²) in [4.78, 5) is 17.0. The van der Waals surface area contributed by atoms with E-state index >= 15 is 0 Å². The highest BCUT2D eigenvalue weighted by molar-refractivity contribution is 8.13. The number of rotatable bonds is 8. The summed E-state index contributed by atoms with van der Waals surface area (Å²) in [7, 11) is 0. The van der Waals surface area contributed by atoms with Crippen molar-refractivity contribution in [1.82, 2.24) is 9.80 Å². The molecule has 4 nitrogen and oxygen atoms in total. The number of thioether (sulfide) groups is 1. The molecule has 1 aliphatic heterocycles. The number of amides is 1. The molecule has 3 rings (SSSR count). The number of hydrogen-bond acceptors (Lipinski definition) is 4. The van der Waals surface area contributed by atoms with E-state index in [0.29, 0.717) is 0 Å². The highest BCUT2D eigenvalue weighted by Crippen LogP contribution is 2.13. The van der Waals surface area contributed by atoms with Gasteiger partial charge in [-0.2, -0.15) is 0 Å². The van der Waals surface area contributed by atoms with Gasteiger partial charge in [-0.1, -0.05) is 53.7 Å². The third kappa shape index (κ3) is 7.47. The second kappa shape index (κ2) is 11.5. The van der Waals surface area contributed by atoms with Crippen molar-refractivity contribution in [1.29, 1.82) is 0 Å². The van der Waals surface area contributed by atoms with E-state index in [1.165, 1.54) is 17.3 Å². The monoisotopic (exact) mass is 417 g/mol. The third-order valence-electron chi connectivity index (χ3n) is 4.97. The SMILES string of the molecule is O=C(Nc1ccccc1)SCCCN1CCN(CCc2ccc(Cl)cc2)CC1. The van der Waals surface area contributed by atoms with Crippen molar-refractivity contribution < 1.29 is 4.79 Å². The van der Waals surface area contributed by atoms with Crippen LogP contribution in [-0.4, -0.2) is 60.1 Å². The molecule has 0 saturated carbocycles. The fourth-order valence-corrected chi connectivity index (χ4v) is 4.08. The summed E-state index contributed by atoms with van der Waals surface area (Å²) in [6.07, 6.45) is 2.11. The van der Waals surface area contributed by atoms with Gasteiger partial charge < -0.3 is 15.1 Å². The number of carbonyl (C=O) groups excluding carboxylic acids is 1. The Labute approximate surface area is 177 Å². The summed E-state index contributed by atoms with van der Waals surface area (Å²) in [6.45, 7) is 6.63. The smallest absolute Gasteiger partial charge is 0.283 e. The standard InChI is InChI=1S/C22H28ClN3OS/c23-20-9-7-19(8-10-20)11-13-26-16-14-25(15-17-26)12-4-18-28-22(27)24-21-5-2-1-3-6-21/h1-3,5-10H,4,11-18H2,(H,24,27). The Morgan fingerprint density at radius 3 is 2.25 bits per heavy atom. The maximum atomic E-state index is 11.9. The number of halogens is 1. The van der Waals surface area contributed by atoms with Gasteiger partial charge >= 0.3 is 0 Å². The Morgan fingerprint density at radius 2 is 1.57 bits per heavy atom. The molecule has 1 aliphatic rings. The number of nitrogens with one attached hydrogen (secondary N) is 1. The molecule has 1 heterocycles. The van der Waals surface area contributed by atoms with Crippen LogP contribution in [0.25, 0.3) is 0 Å². The van der Waals surface area contributed by atoms with Crippen LogP contribution >= 0.6 is 23.4 Å². The van der Waals surface area contributed by atoms with E-state index in [9.17, 15) is 4.79 Å². The van der Waals surface area contributed by atoms with E-state index in [0.717, 1.165) is 68.6 Å². The van der Waals surface area contributed by atoms with Crippen LogP contribution in [0.4, 0.5) is 10.5 Å². The highest BCUT2D eigenvalue weighted by atomic mass is 35.5. The molecule has 0 aromatic heterocycles. The predicted octanol–water partition coefficient (Wildman–Crippen LogP) is 4.86. The van der Waals surface area contributed by atoms with Crippen molar-refractivity contribution in [2.75, 3.05) is 50.3 Å². The first-order valence-electron chi connectivity index (χ1n) is 9.87. The third-order valence-corrected chi connectivity index (χ3v) is 6.08. The van der Waals surface area contributed by atoms with Gasteiger partial charge in [-0.25, -0.2) is 0 Å². The van der Waals surface area contributed by atoms with Crippen LogP contribution in [0.1, 0.15) is 12.0 Å². The highest BCUT2D eigenvalue weighted by Gasteiger charge is 2.16. The molecule has 1 amide bonds. The summed E-state index contributed by atoms with van der Waals surface area (Å²) in [5.41, 5.74) is 2.20. The average Bonchev–Trinajstić information content (AvgIpc) is 2.72. The number of nitrogens with zero attached hydrogens (tertiary/aromatic N) is 2. The molecule has 1 saturated heterocycles. The van der Waals surface area contributed by atoms with Crippen molar-refractivity contribution in [3.8, 4) is 0 Å². The van der Waals surface area contributed by atoms with Crippen LogP contribution in [0.2, 0.25) is 5.02 Å². The van der Waals surface area contributed by atoms with Crippen molar-refractivity contribution in [3.05, 3.63) is 65.2 Å². The Hall–Kier alpha value is -1.53. The van der Waals surface area contributed by atoms with Gasteiger partial charge in [-0.05, 0) is 49.2 Å².